The number of hydrogen-bond donors (Lipinski definition) is 1. The third kappa shape index (κ3) is 3.28. The number of carbonyl (C=O) groups excluding carboxylic acids is 1. The van der Waals surface area contributed by atoms with Crippen LogP contribution in [0.4, 0.5) is 0 Å². The Bertz CT molecular complexity index is 1020. The number of rotatable bonds is 4. The van der Waals surface area contributed by atoms with Crippen molar-refractivity contribution in [2.45, 2.75) is 18.9 Å². The first-order chi connectivity index (χ1) is 13.0. The van der Waals surface area contributed by atoms with Crippen LogP contribution in [-0.4, -0.2) is 52.3 Å². The largest absolute Gasteiger partial charge is 0.481 e. The molecule has 1 saturated heterocycles. The normalized spacial score (nSPS) is 17.5. The van der Waals surface area contributed by atoms with Gasteiger partial charge in [-0.1, -0.05) is 24.3 Å². The summed E-state index contributed by atoms with van der Waals surface area (Å²) in [5, 5.41) is 11.4. The molecule has 1 atom stereocenters. The molecule has 0 saturated carbocycles. The quantitative estimate of drug-likeness (QED) is 0.770. The summed E-state index contributed by atoms with van der Waals surface area (Å²) in [6.07, 6.45) is 0.170. The molecule has 0 bridgehead atoms. The highest BCUT2D eigenvalue weighted by atomic mass is 16.5. The number of benzene rings is 2. The summed E-state index contributed by atoms with van der Waals surface area (Å²) in [4.78, 5) is 25.6. The van der Waals surface area contributed by atoms with Gasteiger partial charge >= 0.3 is 5.97 Å². The lowest BCUT2D eigenvalue weighted by molar-refractivity contribution is -0.145. The van der Waals surface area contributed by atoms with Crippen LogP contribution in [0.2, 0.25) is 0 Å². The van der Waals surface area contributed by atoms with E-state index in [1.54, 1.807) is 4.90 Å². The van der Waals surface area contributed by atoms with E-state index in [9.17, 15) is 9.59 Å². The molecule has 0 unspecified atom stereocenters. The molecular weight excluding hydrogens is 344 g/mol. The average Bonchev–Trinajstić information content (AvgIpc) is 2.94. The molecule has 3 aromatic rings. The molecule has 6 nitrogen and oxygen atoms in total. The number of fused-ring (bicyclic) bond motifs is 3. The number of aromatic nitrogens is 1. The Labute approximate surface area is 156 Å². The molecule has 1 aliphatic heterocycles. The topological polar surface area (TPSA) is 71.8 Å². The van der Waals surface area contributed by atoms with Crippen molar-refractivity contribution in [1.29, 1.82) is 0 Å². The Morgan fingerprint density at radius 3 is 2.74 bits per heavy atom. The van der Waals surface area contributed by atoms with Crippen molar-refractivity contribution in [3.63, 3.8) is 0 Å². The molecule has 1 amide bonds. The molecule has 0 radical (unpaired) electrons. The van der Waals surface area contributed by atoms with Crippen LogP contribution in [0.15, 0.2) is 42.5 Å². The van der Waals surface area contributed by atoms with E-state index in [0.717, 1.165) is 22.0 Å². The predicted octanol–water partition coefficient (Wildman–Crippen LogP) is 2.58. The smallest absolute Gasteiger partial charge is 0.305 e. The lowest BCUT2D eigenvalue weighted by Gasteiger charge is -2.35. The number of nitrogens with zero attached hydrogens (tertiary/aromatic N) is 2. The van der Waals surface area contributed by atoms with Crippen LogP contribution in [0, 0.1) is 0 Å². The Morgan fingerprint density at radius 1 is 1.15 bits per heavy atom. The van der Waals surface area contributed by atoms with Crippen molar-refractivity contribution in [2.24, 2.45) is 7.05 Å². The highest BCUT2D eigenvalue weighted by Gasteiger charge is 2.29. The highest BCUT2D eigenvalue weighted by Crippen LogP contribution is 2.29. The fraction of sp³-hybridized carbons (Fsp3) is 0.333. The van der Waals surface area contributed by atoms with Crippen molar-refractivity contribution in [3.05, 3.63) is 48.0 Å². The number of para-hydroxylation sites is 1. The van der Waals surface area contributed by atoms with Crippen molar-refractivity contribution in [2.75, 3.05) is 19.8 Å². The molecule has 2 aromatic carbocycles. The van der Waals surface area contributed by atoms with Gasteiger partial charge in [0.1, 0.15) is 0 Å². The van der Waals surface area contributed by atoms with E-state index in [1.807, 2.05) is 31.3 Å². The minimum atomic E-state index is -0.916. The maximum absolute atomic E-state index is 12.8. The highest BCUT2D eigenvalue weighted by molar-refractivity contribution is 6.08. The number of carboxylic acid groups (broad SMARTS) is 1. The summed E-state index contributed by atoms with van der Waals surface area (Å²) in [6, 6.07) is 13.9. The summed E-state index contributed by atoms with van der Waals surface area (Å²) in [6.45, 7) is 1.16. The monoisotopic (exact) mass is 366 g/mol. The van der Waals surface area contributed by atoms with Crippen molar-refractivity contribution in [1.82, 2.24) is 9.47 Å². The SMILES string of the molecule is Cn1c2ccccc2c2cc(CC(=O)N3CCOC[C@@H]3CC(=O)O)ccc21. The molecule has 0 aliphatic carbocycles. The maximum Gasteiger partial charge on any atom is 0.305 e. The molecule has 1 aliphatic rings. The van der Waals surface area contributed by atoms with Gasteiger partial charge in [0.2, 0.25) is 5.91 Å². The Morgan fingerprint density at radius 2 is 1.93 bits per heavy atom. The van der Waals surface area contributed by atoms with Gasteiger partial charge in [0, 0.05) is 35.4 Å². The Hall–Kier alpha value is -2.86. The third-order valence-electron chi connectivity index (χ3n) is 5.29. The van der Waals surface area contributed by atoms with Gasteiger partial charge in [-0.25, -0.2) is 0 Å². The zero-order chi connectivity index (χ0) is 19.0. The van der Waals surface area contributed by atoms with Crippen molar-refractivity contribution >= 4 is 33.7 Å². The molecule has 2 heterocycles. The number of carboxylic acids is 1. The Kier molecular flexibility index (Phi) is 4.58. The van der Waals surface area contributed by atoms with E-state index < -0.39 is 12.0 Å². The minimum Gasteiger partial charge on any atom is -0.481 e. The van der Waals surface area contributed by atoms with Crippen LogP contribution in [-0.2, 0) is 27.8 Å². The molecule has 1 aromatic heterocycles. The maximum atomic E-state index is 12.8. The molecule has 0 spiro atoms. The molecule has 1 N–H and O–H groups in total. The van der Waals surface area contributed by atoms with E-state index in [0.29, 0.717) is 13.2 Å². The van der Waals surface area contributed by atoms with Crippen LogP contribution in [0.3, 0.4) is 0 Å². The van der Waals surface area contributed by atoms with Crippen molar-refractivity contribution in [3.8, 4) is 0 Å². The lowest BCUT2D eigenvalue weighted by Crippen LogP contribution is -2.50. The molecule has 4 rings (SSSR count). The van der Waals surface area contributed by atoms with E-state index in [2.05, 4.69) is 22.8 Å². The minimum absolute atomic E-state index is 0.0517. The predicted molar refractivity (Wildman–Crippen MR) is 103 cm³/mol. The summed E-state index contributed by atoms with van der Waals surface area (Å²) < 4.78 is 7.52. The number of carbonyl (C=O) groups is 2. The van der Waals surface area contributed by atoms with E-state index in [1.165, 1.54) is 5.39 Å². The molecule has 27 heavy (non-hydrogen) atoms. The lowest BCUT2D eigenvalue weighted by atomic mass is 10.0. The molecule has 140 valence electrons. The van der Waals surface area contributed by atoms with Crippen LogP contribution in [0.25, 0.3) is 21.8 Å². The van der Waals surface area contributed by atoms with E-state index in [-0.39, 0.29) is 25.4 Å². The van der Waals surface area contributed by atoms with Gasteiger partial charge in [0.25, 0.3) is 0 Å². The third-order valence-corrected chi connectivity index (χ3v) is 5.29. The van der Waals surface area contributed by atoms with Gasteiger partial charge in [-0.2, -0.15) is 0 Å². The van der Waals surface area contributed by atoms with Crippen LogP contribution < -0.4 is 0 Å². The molecular formula is C21H22N2O4. The number of morpholine rings is 1. The number of amides is 1. The first-order valence-electron chi connectivity index (χ1n) is 9.09. The van der Waals surface area contributed by atoms with Crippen LogP contribution in [0.5, 0.6) is 0 Å². The van der Waals surface area contributed by atoms with Gasteiger partial charge in [0.15, 0.2) is 0 Å². The molecule has 1 fully saturated rings. The van der Waals surface area contributed by atoms with Crippen LogP contribution in [0.1, 0.15) is 12.0 Å². The van der Waals surface area contributed by atoms with E-state index >= 15 is 0 Å². The zero-order valence-electron chi connectivity index (χ0n) is 15.2. The second-order valence-corrected chi connectivity index (χ2v) is 7.02. The second kappa shape index (κ2) is 7.04. The standard InChI is InChI=1S/C21H22N2O4/c1-22-18-5-3-2-4-16(18)17-10-14(6-7-19(17)22)11-20(24)23-8-9-27-13-15(23)12-21(25)26/h2-7,10,15H,8-9,11-13H2,1H3,(H,25,26)/t15-/m0/s1. The van der Waals surface area contributed by atoms with Gasteiger partial charge in [-0.15, -0.1) is 0 Å². The van der Waals surface area contributed by atoms with Gasteiger partial charge in [0.05, 0.1) is 32.1 Å². The summed E-state index contributed by atoms with van der Waals surface area (Å²) in [5.41, 5.74) is 3.22. The number of ether oxygens (including phenoxy) is 1. The fourth-order valence-corrected chi connectivity index (χ4v) is 3.96. The summed E-state index contributed by atoms with van der Waals surface area (Å²) in [5.74, 6) is -0.968. The number of aryl methyl sites for hydroxylation is 1. The van der Waals surface area contributed by atoms with Gasteiger partial charge in [-0.05, 0) is 23.8 Å². The average molecular weight is 366 g/mol. The first kappa shape index (κ1) is 17.5. The van der Waals surface area contributed by atoms with Gasteiger partial charge in [-0.3, -0.25) is 9.59 Å². The summed E-state index contributed by atoms with van der Waals surface area (Å²) in [7, 11) is 2.04. The Balaban J connectivity index is 1.62. The van der Waals surface area contributed by atoms with E-state index in [4.69, 9.17) is 9.84 Å². The van der Waals surface area contributed by atoms with Gasteiger partial charge < -0.3 is 19.3 Å². The fourth-order valence-electron chi connectivity index (χ4n) is 3.96. The first-order valence-corrected chi connectivity index (χ1v) is 9.09. The summed E-state index contributed by atoms with van der Waals surface area (Å²) >= 11 is 0. The van der Waals surface area contributed by atoms with Crippen LogP contribution >= 0.6 is 0 Å². The number of aliphatic carboxylic acids is 1. The van der Waals surface area contributed by atoms with Crippen molar-refractivity contribution < 1.29 is 19.4 Å². The molecule has 6 heteroatoms. The second-order valence-electron chi connectivity index (χ2n) is 7.02. The zero-order valence-corrected chi connectivity index (χ0v) is 15.2. The number of hydrogen-bond acceptors (Lipinski definition) is 3.